The summed E-state index contributed by atoms with van der Waals surface area (Å²) in [5.74, 6) is 0.560. The van der Waals surface area contributed by atoms with Crippen LogP contribution in [0.3, 0.4) is 0 Å². The van der Waals surface area contributed by atoms with Gasteiger partial charge in [-0.15, -0.1) is 0 Å². The molecule has 0 radical (unpaired) electrons. The molecule has 0 aliphatic heterocycles. The van der Waals surface area contributed by atoms with E-state index < -0.39 is 0 Å². The van der Waals surface area contributed by atoms with E-state index in [1.54, 1.807) is 11.8 Å². The summed E-state index contributed by atoms with van der Waals surface area (Å²) in [6.07, 6.45) is 3.65. The molecule has 0 saturated heterocycles. The molecular weight excluding hydrogens is 344 g/mol. The Balaban J connectivity index is 1.94. The number of hydrogen-bond donors (Lipinski definition) is 0. The summed E-state index contributed by atoms with van der Waals surface area (Å²) in [5.41, 5.74) is 3.22. The lowest BCUT2D eigenvalue weighted by Crippen LogP contribution is -1.87. The van der Waals surface area contributed by atoms with Crippen LogP contribution in [-0.4, -0.2) is 9.97 Å². The molecule has 1 aromatic carbocycles. The van der Waals surface area contributed by atoms with Crippen LogP contribution in [0.25, 0.3) is 11.0 Å². The summed E-state index contributed by atoms with van der Waals surface area (Å²) in [6.45, 7) is 4.42. The van der Waals surface area contributed by atoms with Crippen molar-refractivity contribution in [1.29, 1.82) is 0 Å². The van der Waals surface area contributed by atoms with Crippen LogP contribution in [-0.2, 0) is 0 Å². The van der Waals surface area contributed by atoms with Crippen molar-refractivity contribution in [3.8, 4) is 0 Å². The van der Waals surface area contributed by atoms with Crippen LogP contribution < -0.4 is 0 Å². The highest BCUT2D eigenvalue weighted by Gasteiger charge is 2.06. The molecule has 2 aromatic heterocycles. The molecule has 21 heavy (non-hydrogen) atoms. The lowest BCUT2D eigenvalue weighted by Gasteiger charge is -2.08. The SMILES string of the molecule is CC(C)c1ccc(Sc2ccnc3cc(Br)cnc23)cc1. The summed E-state index contributed by atoms with van der Waals surface area (Å²) in [4.78, 5) is 11.2. The van der Waals surface area contributed by atoms with Crippen LogP contribution in [0.15, 0.2) is 63.1 Å². The zero-order valence-electron chi connectivity index (χ0n) is 11.9. The number of pyridine rings is 2. The summed E-state index contributed by atoms with van der Waals surface area (Å²) in [6, 6.07) is 12.7. The van der Waals surface area contributed by atoms with Crippen molar-refractivity contribution in [3.63, 3.8) is 0 Å². The molecule has 0 fully saturated rings. The highest BCUT2D eigenvalue weighted by Crippen LogP contribution is 2.33. The van der Waals surface area contributed by atoms with Gasteiger partial charge in [0.1, 0.15) is 5.52 Å². The Morgan fingerprint density at radius 3 is 2.52 bits per heavy atom. The first-order valence-corrected chi connectivity index (χ1v) is 8.42. The van der Waals surface area contributed by atoms with Crippen molar-refractivity contribution >= 4 is 38.7 Å². The molecule has 2 heterocycles. The van der Waals surface area contributed by atoms with E-state index in [-0.39, 0.29) is 0 Å². The molecule has 0 saturated carbocycles. The number of fused-ring (bicyclic) bond motifs is 1. The average Bonchev–Trinajstić information content (AvgIpc) is 2.47. The molecule has 0 amide bonds. The second-order valence-corrected chi connectivity index (χ2v) is 7.19. The van der Waals surface area contributed by atoms with E-state index in [2.05, 4.69) is 64.0 Å². The van der Waals surface area contributed by atoms with Gasteiger partial charge in [-0.05, 0) is 51.7 Å². The molecule has 3 rings (SSSR count). The summed E-state index contributed by atoms with van der Waals surface area (Å²) in [5, 5.41) is 0. The van der Waals surface area contributed by atoms with Gasteiger partial charge in [0.05, 0.1) is 5.52 Å². The molecule has 0 aliphatic rings. The minimum absolute atomic E-state index is 0.560. The molecular formula is C17H15BrN2S. The van der Waals surface area contributed by atoms with E-state index in [1.807, 2.05) is 24.5 Å². The molecule has 4 heteroatoms. The van der Waals surface area contributed by atoms with Crippen LogP contribution >= 0.6 is 27.7 Å². The van der Waals surface area contributed by atoms with Gasteiger partial charge in [-0.3, -0.25) is 9.97 Å². The monoisotopic (exact) mass is 358 g/mol. The highest BCUT2D eigenvalue weighted by atomic mass is 79.9. The zero-order chi connectivity index (χ0) is 14.8. The van der Waals surface area contributed by atoms with Gasteiger partial charge in [-0.25, -0.2) is 0 Å². The second-order valence-electron chi connectivity index (χ2n) is 5.16. The largest absolute Gasteiger partial charge is 0.254 e. The standard InChI is InChI=1S/C17H15BrN2S/c1-11(2)12-3-5-14(6-4-12)21-16-7-8-19-15-9-13(18)10-20-17(15)16/h3-11H,1-2H3. The number of halogens is 1. The van der Waals surface area contributed by atoms with Crippen molar-refractivity contribution in [2.24, 2.45) is 0 Å². The first-order chi connectivity index (χ1) is 10.1. The van der Waals surface area contributed by atoms with Crippen molar-refractivity contribution in [1.82, 2.24) is 9.97 Å². The van der Waals surface area contributed by atoms with Gasteiger partial charge in [0.15, 0.2) is 0 Å². The summed E-state index contributed by atoms with van der Waals surface area (Å²) < 4.78 is 0.950. The van der Waals surface area contributed by atoms with Crippen LogP contribution in [0.4, 0.5) is 0 Å². The van der Waals surface area contributed by atoms with Crippen molar-refractivity contribution < 1.29 is 0 Å². The van der Waals surface area contributed by atoms with Crippen molar-refractivity contribution in [2.75, 3.05) is 0 Å². The fourth-order valence-corrected chi connectivity index (χ4v) is 3.34. The van der Waals surface area contributed by atoms with Crippen LogP contribution in [0.1, 0.15) is 25.3 Å². The van der Waals surface area contributed by atoms with E-state index in [9.17, 15) is 0 Å². The normalized spacial score (nSPS) is 11.2. The van der Waals surface area contributed by atoms with Gasteiger partial charge in [0, 0.05) is 26.7 Å². The predicted octanol–water partition coefficient (Wildman–Crippen LogP) is 5.67. The Hall–Kier alpha value is -1.39. The third-order valence-corrected chi connectivity index (χ3v) is 4.77. The molecule has 0 bridgehead atoms. The maximum Gasteiger partial charge on any atom is 0.103 e. The molecule has 0 atom stereocenters. The molecule has 0 N–H and O–H groups in total. The van der Waals surface area contributed by atoms with Crippen molar-refractivity contribution in [3.05, 3.63) is 58.8 Å². The quantitative estimate of drug-likeness (QED) is 0.603. The van der Waals surface area contributed by atoms with Gasteiger partial charge < -0.3 is 0 Å². The lowest BCUT2D eigenvalue weighted by molar-refractivity contribution is 0.865. The third-order valence-electron chi connectivity index (χ3n) is 3.28. The fraction of sp³-hybridized carbons (Fsp3) is 0.176. The van der Waals surface area contributed by atoms with E-state index in [0.29, 0.717) is 5.92 Å². The Morgan fingerprint density at radius 1 is 1.05 bits per heavy atom. The second kappa shape index (κ2) is 6.16. The van der Waals surface area contributed by atoms with Crippen LogP contribution in [0, 0.1) is 0 Å². The predicted molar refractivity (Wildman–Crippen MR) is 91.9 cm³/mol. The zero-order valence-corrected chi connectivity index (χ0v) is 14.3. The minimum atomic E-state index is 0.560. The first kappa shape index (κ1) is 14.5. The number of aromatic nitrogens is 2. The summed E-state index contributed by atoms with van der Waals surface area (Å²) in [7, 11) is 0. The Kier molecular flexibility index (Phi) is 4.27. The molecule has 106 valence electrons. The smallest absolute Gasteiger partial charge is 0.103 e. The topological polar surface area (TPSA) is 25.8 Å². The highest BCUT2D eigenvalue weighted by molar-refractivity contribution is 9.10. The summed E-state index contributed by atoms with van der Waals surface area (Å²) >= 11 is 5.16. The Bertz CT molecular complexity index is 769. The molecule has 2 nitrogen and oxygen atoms in total. The third kappa shape index (κ3) is 3.27. The lowest BCUT2D eigenvalue weighted by atomic mass is 10.0. The molecule has 0 unspecified atom stereocenters. The van der Waals surface area contributed by atoms with Crippen LogP contribution in [0.5, 0.6) is 0 Å². The van der Waals surface area contributed by atoms with Gasteiger partial charge >= 0.3 is 0 Å². The molecule has 3 aromatic rings. The van der Waals surface area contributed by atoms with E-state index >= 15 is 0 Å². The minimum Gasteiger partial charge on any atom is -0.254 e. The Labute approximate surface area is 137 Å². The van der Waals surface area contributed by atoms with Gasteiger partial charge in [-0.1, -0.05) is 37.7 Å². The number of nitrogens with zero attached hydrogens (tertiary/aromatic N) is 2. The molecule has 0 aliphatic carbocycles. The fourth-order valence-electron chi connectivity index (χ4n) is 2.11. The van der Waals surface area contributed by atoms with E-state index in [4.69, 9.17) is 0 Å². The number of hydrogen-bond acceptors (Lipinski definition) is 3. The maximum atomic E-state index is 4.49. The van der Waals surface area contributed by atoms with Gasteiger partial charge in [0.25, 0.3) is 0 Å². The van der Waals surface area contributed by atoms with Crippen LogP contribution in [0.2, 0.25) is 0 Å². The number of benzene rings is 1. The molecule has 0 spiro atoms. The average molecular weight is 359 g/mol. The Morgan fingerprint density at radius 2 is 1.81 bits per heavy atom. The van der Waals surface area contributed by atoms with Gasteiger partial charge in [0.2, 0.25) is 0 Å². The van der Waals surface area contributed by atoms with E-state index in [1.165, 1.54) is 10.5 Å². The first-order valence-electron chi connectivity index (χ1n) is 6.81. The van der Waals surface area contributed by atoms with Crippen molar-refractivity contribution in [2.45, 2.75) is 29.6 Å². The maximum absolute atomic E-state index is 4.49. The van der Waals surface area contributed by atoms with E-state index in [0.717, 1.165) is 20.4 Å². The van der Waals surface area contributed by atoms with Gasteiger partial charge in [-0.2, -0.15) is 0 Å². The number of rotatable bonds is 3.